The minimum absolute atomic E-state index is 0.107. The number of methoxy groups -OCH3 is 1. The molecular formula is C26H35N5O4. The Morgan fingerprint density at radius 3 is 2.71 bits per heavy atom. The molecule has 1 saturated heterocycles. The predicted molar refractivity (Wildman–Crippen MR) is 135 cm³/mol. The van der Waals surface area contributed by atoms with Crippen LogP contribution in [0.15, 0.2) is 52.3 Å². The van der Waals surface area contributed by atoms with E-state index >= 15 is 0 Å². The van der Waals surface area contributed by atoms with Crippen LogP contribution < -0.4 is 16.4 Å². The molecule has 9 heteroatoms. The van der Waals surface area contributed by atoms with Crippen molar-refractivity contribution in [2.45, 2.75) is 51.4 Å². The number of pyridine rings is 1. The van der Waals surface area contributed by atoms with Crippen LogP contribution in [0.25, 0.3) is 11.3 Å². The molecule has 0 saturated carbocycles. The SMILES string of the molecule is COCC(C)NC(=O)Cn1c(-c2ccccc2)ccc(C2N=C(CCN3CCCCC3)ON2)c1=O. The topological polar surface area (TPSA) is 97.2 Å². The van der Waals surface area contributed by atoms with Gasteiger partial charge in [0.15, 0.2) is 6.17 Å². The van der Waals surface area contributed by atoms with Gasteiger partial charge in [-0.05, 0) is 50.6 Å². The summed E-state index contributed by atoms with van der Waals surface area (Å²) in [5, 5.41) is 2.88. The van der Waals surface area contributed by atoms with Crippen LogP contribution in [-0.4, -0.2) is 60.7 Å². The van der Waals surface area contributed by atoms with Gasteiger partial charge in [-0.2, -0.15) is 0 Å². The van der Waals surface area contributed by atoms with Crippen LogP contribution in [0.5, 0.6) is 0 Å². The van der Waals surface area contributed by atoms with Crippen LogP contribution in [-0.2, 0) is 20.9 Å². The first kappa shape index (κ1) is 25.1. The maximum Gasteiger partial charge on any atom is 0.258 e. The van der Waals surface area contributed by atoms with E-state index in [1.54, 1.807) is 13.2 Å². The first-order valence-corrected chi connectivity index (χ1v) is 12.3. The molecule has 1 aromatic carbocycles. The Kier molecular flexibility index (Phi) is 8.68. The van der Waals surface area contributed by atoms with Crippen LogP contribution in [0, 0.1) is 0 Å². The molecular weight excluding hydrogens is 446 g/mol. The molecule has 2 atom stereocenters. The molecule has 0 bridgehead atoms. The van der Waals surface area contributed by atoms with Crippen LogP contribution in [0.3, 0.4) is 0 Å². The van der Waals surface area contributed by atoms with Gasteiger partial charge in [-0.1, -0.05) is 36.8 Å². The van der Waals surface area contributed by atoms with E-state index in [-0.39, 0.29) is 24.1 Å². The number of rotatable bonds is 10. The molecule has 0 spiro atoms. The van der Waals surface area contributed by atoms with E-state index in [4.69, 9.17) is 9.57 Å². The van der Waals surface area contributed by atoms with Gasteiger partial charge in [0.2, 0.25) is 11.8 Å². The number of carbonyl (C=O) groups excluding carboxylic acids is 1. The van der Waals surface area contributed by atoms with Crippen molar-refractivity contribution < 1.29 is 14.4 Å². The summed E-state index contributed by atoms with van der Waals surface area (Å²) >= 11 is 0. The summed E-state index contributed by atoms with van der Waals surface area (Å²) < 4.78 is 6.61. The Morgan fingerprint density at radius 1 is 1.20 bits per heavy atom. The third-order valence-electron chi connectivity index (χ3n) is 6.35. The number of nitrogens with one attached hydrogen (secondary N) is 2. The van der Waals surface area contributed by atoms with E-state index in [1.807, 2.05) is 43.3 Å². The smallest absolute Gasteiger partial charge is 0.258 e. The van der Waals surface area contributed by atoms with Crippen molar-refractivity contribution in [2.24, 2.45) is 4.99 Å². The van der Waals surface area contributed by atoms with Gasteiger partial charge in [0.1, 0.15) is 6.54 Å². The molecule has 2 unspecified atom stereocenters. The van der Waals surface area contributed by atoms with Crippen molar-refractivity contribution in [1.29, 1.82) is 0 Å². The second-order valence-corrected chi connectivity index (χ2v) is 9.15. The van der Waals surface area contributed by atoms with E-state index < -0.39 is 6.17 Å². The molecule has 35 heavy (non-hydrogen) atoms. The summed E-state index contributed by atoms with van der Waals surface area (Å²) in [7, 11) is 1.59. The first-order valence-electron chi connectivity index (χ1n) is 12.3. The minimum Gasteiger partial charge on any atom is -0.391 e. The molecule has 2 aliphatic heterocycles. The summed E-state index contributed by atoms with van der Waals surface area (Å²) in [4.78, 5) is 39.0. The number of benzene rings is 1. The van der Waals surface area contributed by atoms with Gasteiger partial charge in [-0.3, -0.25) is 14.2 Å². The summed E-state index contributed by atoms with van der Waals surface area (Å²) in [6, 6.07) is 13.0. The Morgan fingerprint density at radius 2 is 1.97 bits per heavy atom. The number of nitrogens with zero attached hydrogens (tertiary/aromatic N) is 3. The Bertz CT molecular complexity index is 1080. The van der Waals surface area contributed by atoms with Gasteiger partial charge in [-0.25, -0.2) is 4.99 Å². The lowest BCUT2D eigenvalue weighted by atomic mass is 10.1. The monoisotopic (exact) mass is 481 g/mol. The van der Waals surface area contributed by atoms with Crippen LogP contribution in [0.1, 0.15) is 44.3 Å². The maximum absolute atomic E-state index is 13.6. The van der Waals surface area contributed by atoms with Crippen molar-refractivity contribution in [3.8, 4) is 11.3 Å². The van der Waals surface area contributed by atoms with Crippen molar-refractivity contribution in [2.75, 3.05) is 33.4 Å². The van der Waals surface area contributed by atoms with Gasteiger partial charge in [0.05, 0.1) is 17.9 Å². The summed E-state index contributed by atoms with van der Waals surface area (Å²) in [5.41, 5.74) is 4.58. The largest absolute Gasteiger partial charge is 0.391 e. The van der Waals surface area contributed by atoms with Gasteiger partial charge < -0.3 is 19.8 Å². The second-order valence-electron chi connectivity index (χ2n) is 9.15. The molecule has 0 radical (unpaired) electrons. The maximum atomic E-state index is 13.6. The molecule has 3 heterocycles. The van der Waals surface area contributed by atoms with Crippen LogP contribution in [0.2, 0.25) is 0 Å². The van der Waals surface area contributed by atoms with E-state index in [0.717, 1.165) is 25.2 Å². The van der Waals surface area contributed by atoms with Crippen molar-refractivity contribution >= 4 is 11.8 Å². The number of aliphatic imine (C=N–C) groups is 1. The molecule has 1 amide bonds. The van der Waals surface area contributed by atoms with E-state index in [0.29, 0.717) is 30.2 Å². The number of amides is 1. The summed E-state index contributed by atoms with van der Waals surface area (Å²) in [6.45, 7) is 5.26. The second kappa shape index (κ2) is 12.1. The zero-order chi connectivity index (χ0) is 24.6. The molecule has 9 nitrogen and oxygen atoms in total. The third-order valence-corrected chi connectivity index (χ3v) is 6.35. The molecule has 1 aromatic heterocycles. The fourth-order valence-corrected chi connectivity index (χ4v) is 4.58. The number of likely N-dealkylation sites (tertiary alicyclic amines) is 1. The van der Waals surface area contributed by atoms with E-state index in [2.05, 4.69) is 20.7 Å². The van der Waals surface area contributed by atoms with E-state index in [9.17, 15) is 9.59 Å². The lowest BCUT2D eigenvalue weighted by Crippen LogP contribution is -2.40. The zero-order valence-electron chi connectivity index (χ0n) is 20.5. The normalized spacial score (nSPS) is 19.1. The average Bonchev–Trinajstić information content (AvgIpc) is 3.34. The molecule has 1 fully saturated rings. The first-order chi connectivity index (χ1) is 17.0. The highest BCUT2D eigenvalue weighted by Gasteiger charge is 2.25. The van der Waals surface area contributed by atoms with Crippen LogP contribution in [0.4, 0.5) is 0 Å². The number of hydrogen-bond donors (Lipinski definition) is 2. The summed E-state index contributed by atoms with van der Waals surface area (Å²) in [5.74, 6) is 0.345. The minimum atomic E-state index is -0.606. The third kappa shape index (κ3) is 6.56. The Hall–Kier alpha value is -3.01. The molecule has 2 aliphatic rings. The Labute approximate surface area is 206 Å². The van der Waals surface area contributed by atoms with Crippen molar-refractivity contribution in [3.05, 3.63) is 58.4 Å². The average molecular weight is 482 g/mol. The highest BCUT2D eigenvalue weighted by molar-refractivity contribution is 5.78. The number of hydroxylamine groups is 1. The lowest BCUT2D eigenvalue weighted by Gasteiger charge is -2.25. The van der Waals surface area contributed by atoms with Crippen molar-refractivity contribution in [3.63, 3.8) is 0 Å². The predicted octanol–water partition coefficient (Wildman–Crippen LogP) is 2.47. The summed E-state index contributed by atoms with van der Waals surface area (Å²) in [6.07, 6.45) is 3.86. The highest BCUT2D eigenvalue weighted by Crippen LogP contribution is 2.22. The molecule has 2 aromatic rings. The van der Waals surface area contributed by atoms with Gasteiger partial charge in [0.25, 0.3) is 5.56 Å². The molecule has 0 aliphatic carbocycles. The number of aromatic nitrogens is 1. The van der Waals surface area contributed by atoms with Crippen molar-refractivity contribution in [1.82, 2.24) is 20.3 Å². The Balaban J connectivity index is 1.55. The van der Waals surface area contributed by atoms with Crippen LogP contribution >= 0.6 is 0 Å². The number of ether oxygens (including phenoxy) is 1. The van der Waals surface area contributed by atoms with Gasteiger partial charge in [-0.15, -0.1) is 5.48 Å². The fourth-order valence-electron chi connectivity index (χ4n) is 4.58. The molecule has 2 N–H and O–H groups in total. The van der Waals surface area contributed by atoms with Gasteiger partial charge >= 0.3 is 0 Å². The fraction of sp³-hybridized carbons (Fsp3) is 0.500. The standard InChI is InChI=1S/C26H35N5O4/c1-19(18-34-2)27-23(32)17-31-22(20-9-5-3-6-10-20)12-11-21(26(31)33)25-28-24(35-29-25)13-16-30-14-7-4-8-15-30/h3,5-6,9-12,19,25,29H,4,7-8,13-18H2,1-2H3,(H,27,32). The quantitative estimate of drug-likeness (QED) is 0.541. The lowest BCUT2D eigenvalue weighted by molar-refractivity contribution is -0.122. The molecule has 4 rings (SSSR count). The molecule has 188 valence electrons. The number of piperidine rings is 1. The number of hydrogen-bond acceptors (Lipinski definition) is 7. The van der Waals surface area contributed by atoms with Gasteiger partial charge in [0, 0.05) is 26.1 Å². The van der Waals surface area contributed by atoms with E-state index in [1.165, 1.54) is 23.8 Å². The highest BCUT2D eigenvalue weighted by atomic mass is 16.7. The number of carbonyl (C=O) groups is 1. The zero-order valence-corrected chi connectivity index (χ0v) is 20.5.